The van der Waals surface area contributed by atoms with Gasteiger partial charge >= 0.3 is 0 Å². The van der Waals surface area contributed by atoms with Gasteiger partial charge in [0.05, 0.1) is 5.92 Å². The van der Waals surface area contributed by atoms with Gasteiger partial charge in [-0.15, -0.1) is 11.3 Å². The molecular formula is C21H28N4O3S2. The van der Waals surface area contributed by atoms with Gasteiger partial charge < -0.3 is 4.90 Å². The molecule has 0 radical (unpaired) electrons. The van der Waals surface area contributed by atoms with Crippen molar-refractivity contribution in [3.05, 3.63) is 47.1 Å². The van der Waals surface area contributed by atoms with E-state index in [9.17, 15) is 13.2 Å². The van der Waals surface area contributed by atoms with Crippen molar-refractivity contribution < 1.29 is 13.2 Å². The van der Waals surface area contributed by atoms with Crippen molar-refractivity contribution in [2.45, 2.75) is 30.5 Å². The second-order valence-corrected chi connectivity index (χ2v) is 11.5. The number of rotatable bonds is 5. The zero-order chi connectivity index (χ0) is 21.1. The first kappa shape index (κ1) is 21.4. The van der Waals surface area contributed by atoms with Crippen LogP contribution in [-0.2, 0) is 21.4 Å². The second-order valence-electron chi connectivity index (χ2n) is 8.02. The first-order valence-corrected chi connectivity index (χ1v) is 12.7. The standard InChI is InChI=1S/C21H28N4O3S2/c1-17-4-5-20(29-17)30(27,28)25-10-2-3-19(16-25)21(26)24-13-11-23(12-14-24)15-18-6-8-22-9-7-18/h4-9,19H,2-3,10-16H2,1H3. The van der Waals surface area contributed by atoms with Gasteiger partial charge in [0.1, 0.15) is 4.21 Å². The van der Waals surface area contributed by atoms with Crippen molar-refractivity contribution in [2.75, 3.05) is 39.3 Å². The first-order chi connectivity index (χ1) is 14.4. The Hall–Kier alpha value is -1.81. The highest BCUT2D eigenvalue weighted by molar-refractivity contribution is 7.91. The molecule has 1 atom stereocenters. The minimum Gasteiger partial charge on any atom is -0.340 e. The van der Waals surface area contributed by atoms with Crippen LogP contribution < -0.4 is 0 Å². The van der Waals surface area contributed by atoms with Gasteiger partial charge in [0.25, 0.3) is 10.0 Å². The summed E-state index contributed by atoms with van der Waals surface area (Å²) in [6, 6.07) is 7.53. The number of thiophene rings is 1. The minimum absolute atomic E-state index is 0.0980. The molecule has 1 unspecified atom stereocenters. The van der Waals surface area contributed by atoms with Crippen LogP contribution in [0, 0.1) is 12.8 Å². The summed E-state index contributed by atoms with van der Waals surface area (Å²) < 4.78 is 27.8. The van der Waals surface area contributed by atoms with E-state index in [1.54, 1.807) is 18.5 Å². The topological polar surface area (TPSA) is 73.8 Å². The van der Waals surface area contributed by atoms with E-state index in [2.05, 4.69) is 9.88 Å². The van der Waals surface area contributed by atoms with E-state index >= 15 is 0 Å². The number of aryl methyl sites for hydroxylation is 1. The number of hydrogen-bond acceptors (Lipinski definition) is 6. The van der Waals surface area contributed by atoms with Crippen LogP contribution in [0.1, 0.15) is 23.3 Å². The van der Waals surface area contributed by atoms with Crippen LogP contribution in [0.4, 0.5) is 0 Å². The molecule has 7 nitrogen and oxygen atoms in total. The van der Waals surface area contributed by atoms with Crippen molar-refractivity contribution in [2.24, 2.45) is 5.92 Å². The van der Waals surface area contributed by atoms with Gasteiger partial charge in [-0.1, -0.05) is 0 Å². The van der Waals surface area contributed by atoms with Crippen LogP contribution in [0.25, 0.3) is 0 Å². The van der Waals surface area contributed by atoms with Gasteiger partial charge in [-0.25, -0.2) is 8.42 Å². The van der Waals surface area contributed by atoms with Gasteiger partial charge in [-0.3, -0.25) is 14.7 Å². The SMILES string of the molecule is Cc1ccc(S(=O)(=O)N2CCCC(C(=O)N3CCN(Cc4ccncc4)CC3)C2)s1. The molecule has 0 aromatic carbocycles. The Bertz CT molecular complexity index is 969. The number of carbonyl (C=O) groups is 1. The molecule has 2 aliphatic heterocycles. The highest BCUT2D eigenvalue weighted by Gasteiger charge is 2.36. The second kappa shape index (κ2) is 9.13. The molecule has 1 amide bonds. The summed E-state index contributed by atoms with van der Waals surface area (Å²) in [7, 11) is -3.51. The highest BCUT2D eigenvalue weighted by Crippen LogP contribution is 2.29. The maximum Gasteiger partial charge on any atom is 0.252 e. The number of nitrogens with zero attached hydrogens (tertiary/aromatic N) is 4. The highest BCUT2D eigenvalue weighted by atomic mass is 32.2. The van der Waals surface area contributed by atoms with E-state index in [-0.39, 0.29) is 18.4 Å². The Morgan fingerprint density at radius 3 is 2.50 bits per heavy atom. The van der Waals surface area contributed by atoms with Crippen molar-refractivity contribution in [3.8, 4) is 0 Å². The van der Waals surface area contributed by atoms with Gasteiger partial charge in [0.15, 0.2) is 0 Å². The number of carbonyl (C=O) groups excluding carboxylic acids is 1. The Morgan fingerprint density at radius 1 is 1.10 bits per heavy atom. The molecule has 30 heavy (non-hydrogen) atoms. The molecule has 2 fully saturated rings. The van der Waals surface area contributed by atoms with E-state index in [0.717, 1.165) is 37.4 Å². The molecule has 4 rings (SSSR count). The number of aromatic nitrogens is 1. The van der Waals surface area contributed by atoms with Crippen LogP contribution in [-0.4, -0.2) is 72.7 Å². The summed E-state index contributed by atoms with van der Waals surface area (Å²) in [5.41, 5.74) is 1.22. The summed E-state index contributed by atoms with van der Waals surface area (Å²) >= 11 is 1.29. The average Bonchev–Trinajstić information content (AvgIpc) is 3.22. The van der Waals surface area contributed by atoms with Gasteiger partial charge in [0.2, 0.25) is 5.91 Å². The Labute approximate surface area is 182 Å². The normalized spacial score (nSPS) is 21.6. The summed E-state index contributed by atoms with van der Waals surface area (Å²) in [5.74, 6) is -0.151. The van der Waals surface area contributed by atoms with E-state index in [4.69, 9.17) is 0 Å². The Kier molecular flexibility index (Phi) is 6.52. The minimum atomic E-state index is -3.51. The molecule has 0 aliphatic carbocycles. The Morgan fingerprint density at radius 2 is 1.83 bits per heavy atom. The number of pyridine rings is 1. The summed E-state index contributed by atoms with van der Waals surface area (Å²) in [6.45, 7) is 6.59. The average molecular weight is 449 g/mol. The van der Waals surface area contributed by atoms with Crippen molar-refractivity contribution in [1.29, 1.82) is 0 Å². The molecule has 0 saturated carbocycles. The molecule has 2 aromatic rings. The quantitative estimate of drug-likeness (QED) is 0.701. The third-order valence-electron chi connectivity index (χ3n) is 5.88. The molecule has 2 aliphatic rings. The number of amides is 1. The van der Waals surface area contributed by atoms with Gasteiger partial charge in [-0.05, 0) is 49.6 Å². The largest absolute Gasteiger partial charge is 0.340 e. The number of piperidine rings is 1. The molecule has 0 spiro atoms. The van der Waals surface area contributed by atoms with Crippen LogP contribution in [0.3, 0.4) is 0 Å². The van der Waals surface area contributed by atoms with Crippen LogP contribution >= 0.6 is 11.3 Å². The van der Waals surface area contributed by atoms with E-state index < -0.39 is 10.0 Å². The van der Waals surface area contributed by atoms with Gasteiger partial charge in [-0.2, -0.15) is 4.31 Å². The maximum absolute atomic E-state index is 13.1. The molecule has 2 saturated heterocycles. The molecule has 162 valence electrons. The third-order valence-corrected chi connectivity index (χ3v) is 9.22. The first-order valence-electron chi connectivity index (χ1n) is 10.4. The van der Waals surface area contributed by atoms with Crippen LogP contribution in [0.15, 0.2) is 40.9 Å². The van der Waals surface area contributed by atoms with E-state index in [0.29, 0.717) is 23.8 Å². The van der Waals surface area contributed by atoms with Crippen molar-refractivity contribution >= 4 is 27.3 Å². The number of sulfonamides is 1. The lowest BCUT2D eigenvalue weighted by Crippen LogP contribution is -2.52. The number of hydrogen-bond donors (Lipinski definition) is 0. The number of piperazine rings is 1. The van der Waals surface area contributed by atoms with Crippen LogP contribution in [0.2, 0.25) is 0 Å². The van der Waals surface area contributed by atoms with Crippen molar-refractivity contribution in [3.63, 3.8) is 0 Å². The predicted molar refractivity (Wildman–Crippen MR) is 117 cm³/mol. The molecule has 0 N–H and O–H groups in total. The fraction of sp³-hybridized carbons (Fsp3) is 0.524. The molecule has 0 bridgehead atoms. The predicted octanol–water partition coefficient (Wildman–Crippen LogP) is 2.20. The summed E-state index contributed by atoms with van der Waals surface area (Å²) in [5, 5.41) is 0. The van der Waals surface area contributed by atoms with Gasteiger partial charge in [0, 0.05) is 63.1 Å². The summed E-state index contributed by atoms with van der Waals surface area (Å²) in [6.07, 6.45) is 5.08. The monoisotopic (exact) mass is 448 g/mol. The van der Waals surface area contributed by atoms with Crippen LogP contribution in [0.5, 0.6) is 0 Å². The van der Waals surface area contributed by atoms with Crippen molar-refractivity contribution in [1.82, 2.24) is 19.1 Å². The van der Waals surface area contributed by atoms with E-state index in [1.807, 2.05) is 30.0 Å². The zero-order valence-electron chi connectivity index (χ0n) is 17.2. The lowest BCUT2D eigenvalue weighted by molar-refractivity contribution is -0.138. The fourth-order valence-corrected chi connectivity index (χ4v) is 7.13. The smallest absolute Gasteiger partial charge is 0.252 e. The molecule has 9 heteroatoms. The van der Waals surface area contributed by atoms with E-state index in [1.165, 1.54) is 21.2 Å². The molecule has 2 aromatic heterocycles. The zero-order valence-corrected chi connectivity index (χ0v) is 18.9. The lowest BCUT2D eigenvalue weighted by atomic mass is 9.97. The molecule has 4 heterocycles. The lowest BCUT2D eigenvalue weighted by Gasteiger charge is -2.38. The molecular weight excluding hydrogens is 420 g/mol. The fourth-order valence-electron chi connectivity index (χ4n) is 4.17. The third kappa shape index (κ3) is 4.74. The Balaban J connectivity index is 1.34. The maximum atomic E-state index is 13.1. The summed E-state index contributed by atoms with van der Waals surface area (Å²) in [4.78, 5) is 22.4.